The van der Waals surface area contributed by atoms with E-state index in [0.29, 0.717) is 25.2 Å². The average Bonchev–Trinajstić information content (AvgIpc) is 3.07. The predicted molar refractivity (Wildman–Crippen MR) is 75.8 cm³/mol. The van der Waals surface area contributed by atoms with Gasteiger partial charge < -0.3 is 9.47 Å². The molecule has 1 aliphatic carbocycles. The van der Waals surface area contributed by atoms with Crippen molar-refractivity contribution in [3.05, 3.63) is 0 Å². The summed E-state index contributed by atoms with van der Waals surface area (Å²) in [4.78, 5) is 28.4. The fourth-order valence-electron chi connectivity index (χ4n) is 3.62. The molecule has 0 spiro atoms. The van der Waals surface area contributed by atoms with E-state index in [1.54, 1.807) is 4.90 Å². The number of carbonyl (C=O) groups excluding carboxylic acids is 2. The third kappa shape index (κ3) is 2.73. The van der Waals surface area contributed by atoms with Crippen LogP contribution in [0.25, 0.3) is 0 Å². The van der Waals surface area contributed by atoms with Gasteiger partial charge in [-0.15, -0.1) is 0 Å². The van der Waals surface area contributed by atoms with Crippen molar-refractivity contribution in [3.8, 4) is 0 Å². The van der Waals surface area contributed by atoms with E-state index >= 15 is 0 Å². The number of amides is 1. The maximum absolute atomic E-state index is 12.4. The van der Waals surface area contributed by atoms with E-state index in [2.05, 4.69) is 4.90 Å². The lowest BCUT2D eigenvalue weighted by molar-refractivity contribution is -0.150. The third-order valence-corrected chi connectivity index (χ3v) is 4.62. The highest BCUT2D eigenvalue weighted by molar-refractivity contribution is 5.82. The van der Waals surface area contributed by atoms with Crippen molar-refractivity contribution in [2.24, 2.45) is 5.92 Å². The molecule has 21 heavy (non-hydrogen) atoms. The van der Waals surface area contributed by atoms with Crippen LogP contribution in [0.1, 0.15) is 33.6 Å². The molecule has 1 saturated carbocycles. The largest absolute Gasteiger partial charge is 0.467 e. The molecule has 0 aromatic rings. The molecule has 4 atom stereocenters. The van der Waals surface area contributed by atoms with Crippen molar-refractivity contribution in [1.29, 1.82) is 0 Å². The molecule has 3 rings (SSSR count). The lowest BCUT2D eigenvalue weighted by Gasteiger charge is -2.43. The van der Waals surface area contributed by atoms with Crippen molar-refractivity contribution in [2.75, 3.05) is 20.2 Å². The van der Waals surface area contributed by atoms with Crippen LogP contribution in [-0.4, -0.2) is 65.8 Å². The first-order chi connectivity index (χ1) is 9.80. The molecule has 0 unspecified atom stereocenters. The zero-order valence-electron chi connectivity index (χ0n) is 13.2. The van der Waals surface area contributed by atoms with E-state index in [1.165, 1.54) is 13.5 Å². The molecule has 6 heteroatoms. The molecule has 2 aliphatic heterocycles. The fourth-order valence-corrected chi connectivity index (χ4v) is 3.62. The van der Waals surface area contributed by atoms with Crippen LogP contribution in [0.5, 0.6) is 0 Å². The normalized spacial score (nSPS) is 35.0. The number of piperidine rings is 1. The van der Waals surface area contributed by atoms with Gasteiger partial charge in [-0.1, -0.05) is 0 Å². The molecule has 6 nitrogen and oxygen atoms in total. The molecule has 0 bridgehead atoms. The zero-order valence-corrected chi connectivity index (χ0v) is 13.2. The third-order valence-electron chi connectivity index (χ3n) is 4.62. The van der Waals surface area contributed by atoms with E-state index in [1.807, 2.05) is 20.8 Å². The Kier molecular flexibility index (Phi) is 3.39. The number of hydrogen-bond acceptors (Lipinski definition) is 5. The smallest absolute Gasteiger partial charge is 0.411 e. The molecule has 0 N–H and O–H groups in total. The maximum atomic E-state index is 12.4. The first-order valence-electron chi connectivity index (χ1n) is 7.63. The van der Waals surface area contributed by atoms with Crippen molar-refractivity contribution < 1.29 is 19.1 Å². The summed E-state index contributed by atoms with van der Waals surface area (Å²) < 4.78 is 10.3. The molecule has 0 aromatic carbocycles. The topological polar surface area (TPSA) is 59.1 Å². The average molecular weight is 296 g/mol. The van der Waals surface area contributed by atoms with Gasteiger partial charge in [-0.2, -0.15) is 0 Å². The van der Waals surface area contributed by atoms with Gasteiger partial charge in [0.15, 0.2) is 0 Å². The predicted octanol–water partition coefficient (Wildman–Crippen LogP) is 1.24. The minimum atomic E-state index is -0.563. The second kappa shape index (κ2) is 4.87. The Labute approximate surface area is 125 Å². The molecule has 2 heterocycles. The summed E-state index contributed by atoms with van der Waals surface area (Å²) >= 11 is 0. The zero-order chi connectivity index (χ0) is 15.4. The van der Waals surface area contributed by atoms with Crippen LogP contribution >= 0.6 is 0 Å². The lowest BCUT2D eigenvalue weighted by Crippen LogP contribution is -2.62. The summed E-state index contributed by atoms with van der Waals surface area (Å²) in [5.74, 6) is 0.398. The number of nitrogens with zero attached hydrogens (tertiary/aromatic N) is 2. The van der Waals surface area contributed by atoms with E-state index < -0.39 is 17.7 Å². The van der Waals surface area contributed by atoms with Crippen molar-refractivity contribution >= 4 is 12.1 Å². The number of hydrogen-bond donors (Lipinski definition) is 0. The molecular weight excluding hydrogens is 272 g/mol. The first kappa shape index (κ1) is 14.6. The van der Waals surface area contributed by atoms with Crippen molar-refractivity contribution in [2.45, 2.75) is 57.3 Å². The number of methoxy groups -OCH3 is 1. The summed E-state index contributed by atoms with van der Waals surface area (Å²) in [6.07, 6.45) is 1.94. The van der Waals surface area contributed by atoms with E-state index in [4.69, 9.17) is 9.47 Å². The Balaban J connectivity index is 1.76. The lowest BCUT2D eigenvalue weighted by atomic mass is 10.1. The van der Waals surface area contributed by atoms with Crippen LogP contribution in [0.2, 0.25) is 0 Å². The second-order valence-corrected chi connectivity index (χ2v) is 7.32. The van der Waals surface area contributed by atoms with E-state index in [0.717, 1.165) is 12.3 Å². The van der Waals surface area contributed by atoms with Gasteiger partial charge in [0.2, 0.25) is 0 Å². The quantitative estimate of drug-likeness (QED) is 0.681. The molecule has 3 fully saturated rings. The fraction of sp³-hybridized carbons (Fsp3) is 0.867. The molecule has 3 aliphatic rings. The molecular formula is C15H24N2O4. The Bertz CT molecular complexity index is 459. The minimum absolute atomic E-state index is 0.358. The standard InChI is InChI=1S/C15H24N2O4/c1-15(2,3)21-14(19)17-7-10-5-9-6-11(9)16(10)8-12(17)13(18)20-4/h9-12H,5-8H2,1-4H3/t9-,10-,11+,12-/m1/s1. The summed E-state index contributed by atoms with van der Waals surface area (Å²) in [6.45, 7) is 6.62. The molecule has 118 valence electrons. The highest BCUT2D eigenvalue weighted by Gasteiger charge is 2.56. The monoisotopic (exact) mass is 296 g/mol. The maximum Gasteiger partial charge on any atom is 0.411 e. The summed E-state index contributed by atoms with van der Waals surface area (Å²) in [5.41, 5.74) is -0.563. The van der Waals surface area contributed by atoms with Crippen LogP contribution in [0.15, 0.2) is 0 Å². The highest BCUT2D eigenvalue weighted by Crippen LogP contribution is 2.49. The number of esters is 1. The van der Waals surface area contributed by atoms with Crippen molar-refractivity contribution in [3.63, 3.8) is 0 Å². The Hall–Kier alpha value is -1.30. The van der Waals surface area contributed by atoms with Crippen LogP contribution in [0.3, 0.4) is 0 Å². The number of piperazine rings is 1. The number of carbonyl (C=O) groups is 2. The summed E-state index contributed by atoms with van der Waals surface area (Å²) in [6, 6.07) is 0.422. The van der Waals surface area contributed by atoms with Gasteiger partial charge in [0.25, 0.3) is 0 Å². The molecule has 2 saturated heterocycles. The van der Waals surface area contributed by atoms with Gasteiger partial charge in [-0.05, 0) is 39.5 Å². The van der Waals surface area contributed by atoms with Crippen LogP contribution in [0, 0.1) is 5.92 Å². The summed E-state index contributed by atoms with van der Waals surface area (Å²) in [5, 5.41) is 0. The summed E-state index contributed by atoms with van der Waals surface area (Å²) in [7, 11) is 1.37. The van der Waals surface area contributed by atoms with Crippen LogP contribution in [0.4, 0.5) is 4.79 Å². The number of fused-ring (bicyclic) bond motifs is 3. The Morgan fingerprint density at radius 1 is 1.14 bits per heavy atom. The van der Waals surface area contributed by atoms with Gasteiger partial charge in [0.1, 0.15) is 11.6 Å². The van der Waals surface area contributed by atoms with Gasteiger partial charge in [-0.25, -0.2) is 9.59 Å². The minimum Gasteiger partial charge on any atom is -0.467 e. The molecule has 1 amide bonds. The van der Waals surface area contributed by atoms with Gasteiger partial charge in [-0.3, -0.25) is 9.80 Å². The number of ether oxygens (including phenoxy) is 2. The van der Waals surface area contributed by atoms with Crippen LogP contribution in [-0.2, 0) is 14.3 Å². The van der Waals surface area contributed by atoms with Crippen LogP contribution < -0.4 is 0 Å². The van der Waals surface area contributed by atoms with Crippen molar-refractivity contribution in [1.82, 2.24) is 9.80 Å². The molecule has 0 aromatic heterocycles. The highest BCUT2D eigenvalue weighted by atomic mass is 16.6. The Morgan fingerprint density at radius 2 is 1.86 bits per heavy atom. The van der Waals surface area contributed by atoms with Gasteiger partial charge in [0.05, 0.1) is 7.11 Å². The van der Waals surface area contributed by atoms with Gasteiger partial charge >= 0.3 is 12.1 Å². The SMILES string of the molecule is COC(=O)[C@H]1CN2[C@H](C[C@@H]3C[C@@H]32)CN1C(=O)OC(C)(C)C. The second-order valence-electron chi connectivity index (χ2n) is 7.32. The number of rotatable bonds is 1. The van der Waals surface area contributed by atoms with E-state index in [-0.39, 0.29) is 5.97 Å². The van der Waals surface area contributed by atoms with Gasteiger partial charge in [0, 0.05) is 25.2 Å². The molecule has 0 radical (unpaired) electrons. The Morgan fingerprint density at radius 3 is 2.48 bits per heavy atom. The van der Waals surface area contributed by atoms with E-state index in [9.17, 15) is 9.59 Å². The first-order valence-corrected chi connectivity index (χ1v) is 7.63.